The lowest BCUT2D eigenvalue weighted by atomic mass is 10.1. The Balaban J connectivity index is 1.89. The fourth-order valence-corrected chi connectivity index (χ4v) is 2.54. The van der Waals surface area contributed by atoms with E-state index in [-0.39, 0.29) is 0 Å². The highest BCUT2D eigenvalue weighted by Gasteiger charge is 2.01. The first kappa shape index (κ1) is 13.9. The summed E-state index contributed by atoms with van der Waals surface area (Å²) in [6.45, 7) is 1.79. The van der Waals surface area contributed by atoms with Gasteiger partial charge < -0.3 is 5.11 Å². The van der Waals surface area contributed by atoms with Gasteiger partial charge in [-0.3, -0.25) is 0 Å². The maximum Gasteiger partial charge on any atom is 0.0762 e. The standard InChI is InChI=1S/C17H18OS/c1-14(18)16-10-5-11-17(13-16)19-12-6-9-15-7-3-2-4-8-15/h2-11,13-14,18H,12H2,1H3. The zero-order valence-corrected chi connectivity index (χ0v) is 11.8. The summed E-state index contributed by atoms with van der Waals surface area (Å²) in [4.78, 5) is 1.19. The van der Waals surface area contributed by atoms with Gasteiger partial charge in [0.05, 0.1) is 6.10 Å². The van der Waals surface area contributed by atoms with Crippen molar-refractivity contribution in [3.8, 4) is 0 Å². The largest absolute Gasteiger partial charge is 0.389 e. The van der Waals surface area contributed by atoms with Gasteiger partial charge in [-0.15, -0.1) is 11.8 Å². The Morgan fingerprint density at radius 3 is 2.63 bits per heavy atom. The molecule has 0 aliphatic rings. The molecule has 0 amide bonds. The van der Waals surface area contributed by atoms with Gasteiger partial charge in [0.15, 0.2) is 0 Å². The van der Waals surface area contributed by atoms with Gasteiger partial charge in [-0.05, 0) is 30.2 Å². The molecule has 0 saturated carbocycles. The molecule has 1 N–H and O–H groups in total. The van der Waals surface area contributed by atoms with Crippen LogP contribution in [0.15, 0.2) is 65.6 Å². The molecular formula is C17H18OS. The van der Waals surface area contributed by atoms with Gasteiger partial charge in [0.25, 0.3) is 0 Å². The molecule has 1 nitrogen and oxygen atoms in total. The SMILES string of the molecule is CC(O)c1cccc(SCC=Cc2ccccc2)c1. The molecule has 1 atom stereocenters. The molecule has 0 aliphatic heterocycles. The van der Waals surface area contributed by atoms with Crippen molar-refractivity contribution in [2.24, 2.45) is 0 Å². The highest BCUT2D eigenvalue weighted by Crippen LogP contribution is 2.22. The number of hydrogen-bond donors (Lipinski definition) is 1. The van der Waals surface area contributed by atoms with Gasteiger partial charge in [-0.25, -0.2) is 0 Å². The third kappa shape index (κ3) is 4.58. The van der Waals surface area contributed by atoms with Crippen LogP contribution in [0.2, 0.25) is 0 Å². The molecule has 0 bridgehead atoms. The Morgan fingerprint density at radius 1 is 1.11 bits per heavy atom. The zero-order chi connectivity index (χ0) is 13.5. The van der Waals surface area contributed by atoms with Crippen LogP contribution < -0.4 is 0 Å². The van der Waals surface area contributed by atoms with Crippen molar-refractivity contribution in [1.82, 2.24) is 0 Å². The Hall–Kier alpha value is -1.51. The van der Waals surface area contributed by atoms with Crippen LogP contribution in [0.3, 0.4) is 0 Å². The fraction of sp³-hybridized carbons (Fsp3) is 0.176. The first-order valence-electron chi connectivity index (χ1n) is 6.38. The molecule has 0 aromatic heterocycles. The lowest BCUT2D eigenvalue weighted by Gasteiger charge is -2.06. The van der Waals surface area contributed by atoms with Gasteiger partial charge >= 0.3 is 0 Å². The molecule has 0 radical (unpaired) electrons. The first-order chi connectivity index (χ1) is 9.25. The summed E-state index contributed by atoms with van der Waals surface area (Å²) in [5.74, 6) is 0.929. The Labute approximate surface area is 119 Å². The summed E-state index contributed by atoms with van der Waals surface area (Å²) >= 11 is 1.77. The molecule has 1 unspecified atom stereocenters. The molecule has 2 rings (SSSR count). The van der Waals surface area contributed by atoms with Crippen LogP contribution in [-0.4, -0.2) is 10.9 Å². The predicted molar refractivity (Wildman–Crippen MR) is 83.3 cm³/mol. The average molecular weight is 270 g/mol. The maximum absolute atomic E-state index is 9.55. The maximum atomic E-state index is 9.55. The van der Waals surface area contributed by atoms with E-state index in [1.807, 2.05) is 36.4 Å². The molecule has 0 heterocycles. The van der Waals surface area contributed by atoms with E-state index >= 15 is 0 Å². The van der Waals surface area contributed by atoms with Gasteiger partial charge in [0, 0.05) is 10.6 Å². The molecule has 2 aromatic rings. The highest BCUT2D eigenvalue weighted by molar-refractivity contribution is 7.99. The zero-order valence-electron chi connectivity index (χ0n) is 11.0. The van der Waals surface area contributed by atoms with E-state index in [0.29, 0.717) is 0 Å². The number of rotatable bonds is 5. The molecular weight excluding hydrogens is 252 g/mol. The van der Waals surface area contributed by atoms with Crippen molar-refractivity contribution in [3.05, 3.63) is 71.8 Å². The Morgan fingerprint density at radius 2 is 1.89 bits per heavy atom. The smallest absolute Gasteiger partial charge is 0.0762 e. The molecule has 19 heavy (non-hydrogen) atoms. The van der Waals surface area contributed by atoms with E-state index in [9.17, 15) is 5.11 Å². The van der Waals surface area contributed by atoms with Crippen LogP contribution in [0, 0.1) is 0 Å². The quantitative estimate of drug-likeness (QED) is 0.805. The summed E-state index contributed by atoms with van der Waals surface area (Å²) < 4.78 is 0. The average Bonchev–Trinajstić information content (AvgIpc) is 2.45. The summed E-state index contributed by atoms with van der Waals surface area (Å²) in [5.41, 5.74) is 2.19. The molecule has 98 valence electrons. The molecule has 0 fully saturated rings. The number of thioether (sulfide) groups is 1. The van der Waals surface area contributed by atoms with Crippen LogP contribution >= 0.6 is 11.8 Å². The van der Waals surface area contributed by atoms with Gasteiger partial charge in [0.2, 0.25) is 0 Å². The van der Waals surface area contributed by atoms with Crippen molar-refractivity contribution >= 4 is 17.8 Å². The van der Waals surface area contributed by atoms with E-state index in [1.54, 1.807) is 18.7 Å². The lowest BCUT2D eigenvalue weighted by Crippen LogP contribution is -1.90. The van der Waals surface area contributed by atoms with E-state index in [2.05, 4.69) is 30.4 Å². The van der Waals surface area contributed by atoms with E-state index < -0.39 is 6.10 Å². The van der Waals surface area contributed by atoms with E-state index in [4.69, 9.17) is 0 Å². The molecule has 0 saturated heterocycles. The van der Waals surface area contributed by atoms with Crippen molar-refractivity contribution < 1.29 is 5.11 Å². The summed E-state index contributed by atoms with van der Waals surface area (Å²) in [6, 6.07) is 18.4. The minimum Gasteiger partial charge on any atom is -0.389 e. The van der Waals surface area contributed by atoms with Gasteiger partial charge in [0.1, 0.15) is 0 Å². The van der Waals surface area contributed by atoms with Crippen LogP contribution in [0.4, 0.5) is 0 Å². The van der Waals surface area contributed by atoms with Crippen molar-refractivity contribution in [2.45, 2.75) is 17.9 Å². The third-order valence-electron chi connectivity index (χ3n) is 2.80. The lowest BCUT2D eigenvalue weighted by molar-refractivity contribution is 0.199. The Bertz CT molecular complexity index is 532. The molecule has 2 heteroatoms. The third-order valence-corrected chi connectivity index (χ3v) is 3.74. The van der Waals surface area contributed by atoms with Gasteiger partial charge in [-0.2, -0.15) is 0 Å². The first-order valence-corrected chi connectivity index (χ1v) is 7.36. The summed E-state index contributed by atoms with van der Waals surface area (Å²) in [7, 11) is 0. The summed E-state index contributed by atoms with van der Waals surface area (Å²) in [6.07, 6.45) is 3.89. The normalized spacial score (nSPS) is 12.7. The second-order valence-electron chi connectivity index (χ2n) is 4.37. The van der Waals surface area contributed by atoms with Crippen LogP contribution in [-0.2, 0) is 0 Å². The number of aliphatic hydroxyl groups excluding tert-OH is 1. The second kappa shape index (κ2) is 7.17. The van der Waals surface area contributed by atoms with E-state index in [0.717, 1.165) is 11.3 Å². The number of hydrogen-bond acceptors (Lipinski definition) is 2. The van der Waals surface area contributed by atoms with E-state index in [1.165, 1.54) is 10.5 Å². The van der Waals surface area contributed by atoms with Crippen molar-refractivity contribution in [1.29, 1.82) is 0 Å². The van der Waals surface area contributed by atoms with Crippen molar-refractivity contribution in [3.63, 3.8) is 0 Å². The summed E-state index contributed by atoms with van der Waals surface area (Å²) in [5, 5.41) is 9.55. The predicted octanol–water partition coefficient (Wildman–Crippen LogP) is 4.55. The van der Waals surface area contributed by atoms with Crippen molar-refractivity contribution in [2.75, 3.05) is 5.75 Å². The number of benzene rings is 2. The molecule has 0 spiro atoms. The van der Waals surface area contributed by atoms with Crippen LogP contribution in [0.1, 0.15) is 24.2 Å². The second-order valence-corrected chi connectivity index (χ2v) is 5.47. The topological polar surface area (TPSA) is 20.2 Å². The van der Waals surface area contributed by atoms with Crippen LogP contribution in [0.25, 0.3) is 6.08 Å². The van der Waals surface area contributed by atoms with Crippen LogP contribution in [0.5, 0.6) is 0 Å². The Kier molecular flexibility index (Phi) is 5.25. The molecule has 2 aromatic carbocycles. The fourth-order valence-electron chi connectivity index (χ4n) is 1.76. The number of aliphatic hydroxyl groups is 1. The minimum absolute atomic E-state index is 0.402. The molecule has 0 aliphatic carbocycles. The van der Waals surface area contributed by atoms with Gasteiger partial charge in [-0.1, -0.05) is 54.6 Å². The minimum atomic E-state index is -0.402. The monoisotopic (exact) mass is 270 g/mol. The highest BCUT2D eigenvalue weighted by atomic mass is 32.2.